The van der Waals surface area contributed by atoms with Crippen molar-refractivity contribution in [3.05, 3.63) is 22.4 Å². The molecule has 0 radical (unpaired) electrons. The second-order valence-electron chi connectivity index (χ2n) is 5.68. The highest BCUT2D eigenvalue weighted by atomic mass is 79.9. The molecule has 1 N–H and O–H groups in total. The van der Waals surface area contributed by atoms with Crippen molar-refractivity contribution in [3.8, 4) is 0 Å². The average molecular weight is 342 g/mol. The van der Waals surface area contributed by atoms with Crippen LogP contribution in [0.5, 0.6) is 0 Å². The number of carbonyl (C=O) groups is 1. The number of hydrogen-bond donors (Lipinski definition) is 1. The van der Waals surface area contributed by atoms with Crippen LogP contribution in [-0.4, -0.2) is 41.6 Å². The number of nitrogens with one attached hydrogen (secondary N) is 1. The predicted molar refractivity (Wildman–Crippen MR) is 85.1 cm³/mol. The zero-order valence-electron chi connectivity index (χ0n) is 12.5. The lowest BCUT2D eigenvalue weighted by Gasteiger charge is -2.23. The predicted octanol–water partition coefficient (Wildman–Crippen LogP) is 3.05. The average Bonchev–Trinajstić information content (AvgIpc) is 3.20. The number of hydrogen-bond acceptors (Lipinski definition) is 2. The number of likely N-dealkylation sites (N-methyl/N-ethyl adjacent to an activating group) is 1. The maximum Gasteiger partial charge on any atom is 0.268 e. The smallest absolute Gasteiger partial charge is 0.268 e. The van der Waals surface area contributed by atoms with E-state index in [0.717, 1.165) is 23.1 Å². The zero-order chi connectivity index (χ0) is 14.7. The summed E-state index contributed by atoms with van der Waals surface area (Å²) in [5.41, 5.74) is 0.769. The van der Waals surface area contributed by atoms with Crippen molar-refractivity contribution in [2.75, 3.05) is 20.1 Å². The molecule has 1 unspecified atom stereocenters. The van der Waals surface area contributed by atoms with Gasteiger partial charge in [0.15, 0.2) is 0 Å². The minimum absolute atomic E-state index is 0.0279. The highest BCUT2D eigenvalue weighted by Gasteiger charge is 2.27. The first kappa shape index (κ1) is 15.6. The van der Waals surface area contributed by atoms with Gasteiger partial charge in [-0.2, -0.15) is 0 Å². The fourth-order valence-electron chi connectivity index (χ4n) is 2.25. The summed E-state index contributed by atoms with van der Waals surface area (Å²) >= 11 is 3.46. The summed E-state index contributed by atoms with van der Waals surface area (Å²) in [4.78, 5) is 14.5. The first-order valence-electron chi connectivity index (χ1n) is 7.38. The lowest BCUT2D eigenvalue weighted by Crippen LogP contribution is -2.37. The van der Waals surface area contributed by atoms with Crippen LogP contribution in [0.4, 0.5) is 0 Å². The molecule has 1 fully saturated rings. The summed E-state index contributed by atoms with van der Waals surface area (Å²) in [7, 11) is 2.10. The van der Waals surface area contributed by atoms with Crippen molar-refractivity contribution >= 4 is 21.8 Å². The summed E-state index contributed by atoms with van der Waals surface area (Å²) < 4.78 is 3.07. The number of aromatic nitrogens is 1. The molecule has 1 amide bonds. The van der Waals surface area contributed by atoms with Gasteiger partial charge in [-0.05, 0) is 55.2 Å². The molecule has 0 bridgehead atoms. The van der Waals surface area contributed by atoms with Gasteiger partial charge in [-0.15, -0.1) is 0 Å². The molecule has 1 atom stereocenters. The molecule has 1 heterocycles. The highest BCUT2D eigenvalue weighted by molar-refractivity contribution is 9.10. The third kappa shape index (κ3) is 3.85. The number of amides is 1. The summed E-state index contributed by atoms with van der Waals surface area (Å²) in [6.07, 6.45) is 5.50. The topological polar surface area (TPSA) is 37.3 Å². The fourth-order valence-corrected chi connectivity index (χ4v) is 2.69. The minimum Gasteiger partial charge on any atom is -0.349 e. The van der Waals surface area contributed by atoms with Gasteiger partial charge in [0, 0.05) is 35.8 Å². The van der Waals surface area contributed by atoms with Crippen molar-refractivity contribution in [1.29, 1.82) is 0 Å². The van der Waals surface area contributed by atoms with Crippen LogP contribution in [0.25, 0.3) is 0 Å². The number of carbonyl (C=O) groups excluding carboxylic acids is 1. The third-order valence-electron chi connectivity index (χ3n) is 4.08. The molecule has 1 aliphatic carbocycles. The molecule has 20 heavy (non-hydrogen) atoms. The number of rotatable bonds is 7. The summed E-state index contributed by atoms with van der Waals surface area (Å²) in [6.45, 7) is 5.95. The van der Waals surface area contributed by atoms with Crippen LogP contribution >= 0.6 is 15.9 Å². The second-order valence-corrected chi connectivity index (χ2v) is 6.59. The van der Waals surface area contributed by atoms with Gasteiger partial charge in [0.2, 0.25) is 0 Å². The lowest BCUT2D eigenvalue weighted by atomic mass is 10.2. The summed E-state index contributed by atoms with van der Waals surface area (Å²) in [5, 5.41) is 3.02. The molecule has 2 rings (SSSR count). The van der Waals surface area contributed by atoms with Crippen LogP contribution in [0, 0.1) is 0 Å². The monoisotopic (exact) mass is 341 g/mol. The van der Waals surface area contributed by atoms with Crippen LogP contribution in [0.2, 0.25) is 0 Å². The van der Waals surface area contributed by atoms with Gasteiger partial charge in [0.1, 0.15) is 5.69 Å². The largest absolute Gasteiger partial charge is 0.349 e. The number of nitrogens with zero attached hydrogens (tertiary/aromatic N) is 2. The molecule has 0 spiro atoms. The Balaban J connectivity index is 1.86. The molecule has 5 heteroatoms. The van der Waals surface area contributed by atoms with Gasteiger partial charge in [-0.1, -0.05) is 6.92 Å². The van der Waals surface area contributed by atoms with Gasteiger partial charge < -0.3 is 14.8 Å². The fraction of sp³-hybridized carbons (Fsp3) is 0.667. The van der Waals surface area contributed by atoms with Crippen LogP contribution in [0.1, 0.15) is 49.6 Å². The van der Waals surface area contributed by atoms with Gasteiger partial charge >= 0.3 is 0 Å². The molecule has 1 aromatic heterocycles. The van der Waals surface area contributed by atoms with Crippen LogP contribution in [0.15, 0.2) is 16.7 Å². The van der Waals surface area contributed by atoms with Crippen LogP contribution in [0.3, 0.4) is 0 Å². The van der Waals surface area contributed by atoms with Crippen molar-refractivity contribution < 1.29 is 4.79 Å². The van der Waals surface area contributed by atoms with Crippen molar-refractivity contribution in [2.24, 2.45) is 0 Å². The summed E-state index contributed by atoms with van der Waals surface area (Å²) in [5.74, 6) is 0.0279. The molecule has 1 aromatic rings. The molecule has 4 nitrogen and oxygen atoms in total. The van der Waals surface area contributed by atoms with E-state index in [1.54, 1.807) is 0 Å². The Morgan fingerprint density at radius 3 is 2.90 bits per heavy atom. The first-order chi connectivity index (χ1) is 9.52. The third-order valence-corrected chi connectivity index (χ3v) is 4.52. The molecule has 0 saturated heterocycles. The molecule has 0 aromatic carbocycles. The maximum atomic E-state index is 12.3. The molecular formula is C15H24BrN3O. The Morgan fingerprint density at radius 1 is 1.60 bits per heavy atom. The van der Waals surface area contributed by atoms with Crippen LogP contribution in [-0.2, 0) is 0 Å². The number of halogens is 1. The maximum absolute atomic E-state index is 12.3. The minimum atomic E-state index is 0.0279. The SMILES string of the molecule is CCC(C)N(C)CCNC(=O)c1cc(Br)cn1C1CC1. The van der Waals surface area contributed by atoms with Gasteiger partial charge in [-0.3, -0.25) is 4.79 Å². The van der Waals surface area contributed by atoms with E-state index in [-0.39, 0.29) is 5.91 Å². The molecule has 0 aliphatic heterocycles. The van der Waals surface area contributed by atoms with Crippen molar-refractivity contribution in [1.82, 2.24) is 14.8 Å². The van der Waals surface area contributed by atoms with E-state index in [1.165, 1.54) is 12.8 Å². The van der Waals surface area contributed by atoms with E-state index in [9.17, 15) is 4.79 Å². The van der Waals surface area contributed by atoms with E-state index < -0.39 is 0 Å². The van der Waals surface area contributed by atoms with Crippen molar-refractivity contribution in [2.45, 2.75) is 45.2 Å². The van der Waals surface area contributed by atoms with E-state index in [2.05, 4.69) is 51.6 Å². The van der Waals surface area contributed by atoms with Crippen molar-refractivity contribution in [3.63, 3.8) is 0 Å². The van der Waals surface area contributed by atoms with E-state index >= 15 is 0 Å². The Bertz CT molecular complexity index is 468. The zero-order valence-corrected chi connectivity index (χ0v) is 14.1. The Hall–Kier alpha value is -0.810. The van der Waals surface area contributed by atoms with Gasteiger partial charge in [0.25, 0.3) is 5.91 Å². The lowest BCUT2D eigenvalue weighted by molar-refractivity contribution is 0.0938. The molecular weight excluding hydrogens is 318 g/mol. The second kappa shape index (κ2) is 6.76. The van der Waals surface area contributed by atoms with Gasteiger partial charge in [0.05, 0.1) is 0 Å². The standard InChI is InChI=1S/C15H24BrN3O/c1-4-11(2)18(3)8-7-17-15(20)14-9-12(16)10-19(14)13-5-6-13/h9-11,13H,4-8H2,1-3H3,(H,17,20). The van der Waals surface area contributed by atoms with E-state index in [1.807, 2.05) is 12.3 Å². The normalized spacial score (nSPS) is 16.4. The molecule has 1 aliphatic rings. The van der Waals surface area contributed by atoms with Gasteiger partial charge in [-0.25, -0.2) is 0 Å². The Labute approximate surface area is 129 Å². The van der Waals surface area contributed by atoms with E-state index in [0.29, 0.717) is 18.6 Å². The quantitative estimate of drug-likeness (QED) is 0.827. The Kier molecular flexibility index (Phi) is 5.27. The molecule has 112 valence electrons. The summed E-state index contributed by atoms with van der Waals surface area (Å²) in [6, 6.07) is 2.98. The Morgan fingerprint density at radius 2 is 2.30 bits per heavy atom. The van der Waals surface area contributed by atoms with E-state index in [4.69, 9.17) is 0 Å². The van der Waals surface area contributed by atoms with Crippen LogP contribution < -0.4 is 5.32 Å². The first-order valence-corrected chi connectivity index (χ1v) is 8.18. The molecule has 1 saturated carbocycles. The highest BCUT2D eigenvalue weighted by Crippen LogP contribution is 2.37.